The topological polar surface area (TPSA) is 75.4 Å². The van der Waals surface area contributed by atoms with Gasteiger partial charge in [0.1, 0.15) is 0 Å². The number of nitrogen functional groups attached to an aromatic ring is 1. The van der Waals surface area contributed by atoms with Gasteiger partial charge < -0.3 is 16.2 Å². The van der Waals surface area contributed by atoms with Crippen LogP contribution in [-0.4, -0.2) is 11.0 Å². The highest BCUT2D eigenvalue weighted by Crippen LogP contribution is 2.25. The Morgan fingerprint density at radius 1 is 1.16 bits per heavy atom. The van der Waals surface area contributed by atoms with Crippen molar-refractivity contribution in [3.05, 3.63) is 53.6 Å². The predicted octanol–water partition coefficient (Wildman–Crippen LogP) is 2.50. The summed E-state index contributed by atoms with van der Waals surface area (Å²) < 4.78 is 25.7. The van der Waals surface area contributed by atoms with Crippen LogP contribution in [-0.2, 0) is 0 Å². The van der Waals surface area contributed by atoms with Gasteiger partial charge in [0.15, 0.2) is 17.4 Å². The average molecular weight is 264 g/mol. The number of para-hydroxylation sites is 1. The van der Waals surface area contributed by atoms with Crippen molar-refractivity contribution < 1.29 is 18.7 Å². The van der Waals surface area contributed by atoms with Crippen molar-refractivity contribution >= 4 is 17.3 Å². The van der Waals surface area contributed by atoms with Gasteiger partial charge in [-0.25, -0.2) is 8.78 Å². The number of phenolic OH excluding ortho intramolecular Hbond substituents is 1. The average Bonchev–Trinajstić information content (AvgIpc) is 2.37. The van der Waals surface area contributed by atoms with Gasteiger partial charge in [0.05, 0.1) is 11.3 Å². The highest BCUT2D eigenvalue weighted by molar-refractivity contribution is 6.07. The fourth-order valence-corrected chi connectivity index (χ4v) is 1.52. The van der Waals surface area contributed by atoms with Crippen molar-refractivity contribution in [2.24, 2.45) is 0 Å². The molecule has 0 spiro atoms. The van der Waals surface area contributed by atoms with Crippen LogP contribution in [0.1, 0.15) is 10.4 Å². The molecular weight excluding hydrogens is 254 g/mol. The summed E-state index contributed by atoms with van der Waals surface area (Å²) in [7, 11) is 0. The lowest BCUT2D eigenvalue weighted by molar-refractivity contribution is 0.102. The number of hydrogen-bond acceptors (Lipinski definition) is 3. The third-order valence-electron chi connectivity index (χ3n) is 2.49. The molecule has 2 rings (SSSR count). The standard InChI is InChI=1S/C13H10F2N2O2/c14-9-5-4-7(6-10(9)15)17-13(19)8-2-1-3-11(16)12(8)18/h1-6,18H,16H2,(H,17,19). The maximum atomic E-state index is 13.0. The minimum atomic E-state index is -1.07. The van der Waals surface area contributed by atoms with Crippen molar-refractivity contribution in [1.82, 2.24) is 0 Å². The first-order chi connectivity index (χ1) is 8.99. The van der Waals surface area contributed by atoms with Crippen molar-refractivity contribution in [1.29, 1.82) is 0 Å². The summed E-state index contributed by atoms with van der Waals surface area (Å²) in [6, 6.07) is 7.24. The third-order valence-corrected chi connectivity index (χ3v) is 2.49. The van der Waals surface area contributed by atoms with E-state index in [0.717, 1.165) is 12.1 Å². The molecule has 6 heteroatoms. The maximum absolute atomic E-state index is 13.0. The van der Waals surface area contributed by atoms with Gasteiger partial charge in [0.2, 0.25) is 0 Å². The fourth-order valence-electron chi connectivity index (χ4n) is 1.52. The molecule has 0 aliphatic carbocycles. The summed E-state index contributed by atoms with van der Waals surface area (Å²) in [5, 5.41) is 12.0. The van der Waals surface area contributed by atoms with Gasteiger partial charge in [0.25, 0.3) is 5.91 Å². The monoisotopic (exact) mass is 264 g/mol. The Kier molecular flexibility index (Phi) is 3.33. The SMILES string of the molecule is Nc1cccc(C(=O)Nc2ccc(F)c(F)c2)c1O. The number of halogens is 2. The van der Waals surface area contributed by atoms with E-state index in [-0.39, 0.29) is 22.7 Å². The molecule has 4 nitrogen and oxygen atoms in total. The quantitative estimate of drug-likeness (QED) is 0.576. The Morgan fingerprint density at radius 3 is 2.58 bits per heavy atom. The van der Waals surface area contributed by atoms with Gasteiger partial charge in [0, 0.05) is 11.8 Å². The first-order valence-corrected chi connectivity index (χ1v) is 5.33. The lowest BCUT2D eigenvalue weighted by atomic mass is 10.1. The maximum Gasteiger partial charge on any atom is 0.259 e. The highest BCUT2D eigenvalue weighted by Gasteiger charge is 2.13. The molecule has 0 aliphatic heterocycles. The zero-order valence-electron chi connectivity index (χ0n) is 9.65. The number of aromatic hydroxyl groups is 1. The van der Waals surface area contributed by atoms with E-state index in [0.29, 0.717) is 0 Å². The molecule has 98 valence electrons. The number of amides is 1. The number of carbonyl (C=O) groups is 1. The number of phenols is 1. The second-order valence-corrected chi connectivity index (χ2v) is 3.83. The van der Waals surface area contributed by atoms with Gasteiger partial charge in [-0.2, -0.15) is 0 Å². The first-order valence-electron chi connectivity index (χ1n) is 5.33. The molecule has 0 unspecified atom stereocenters. The minimum Gasteiger partial charge on any atom is -0.505 e. The van der Waals surface area contributed by atoms with E-state index in [4.69, 9.17) is 5.73 Å². The Balaban J connectivity index is 2.26. The normalized spacial score (nSPS) is 10.2. The molecule has 0 radical (unpaired) electrons. The van der Waals surface area contributed by atoms with Crippen molar-refractivity contribution in [3.8, 4) is 5.75 Å². The first kappa shape index (κ1) is 12.8. The Labute approximate surface area is 107 Å². The van der Waals surface area contributed by atoms with Crippen molar-refractivity contribution in [2.45, 2.75) is 0 Å². The fraction of sp³-hybridized carbons (Fsp3) is 0. The van der Waals surface area contributed by atoms with Crippen LogP contribution in [0.5, 0.6) is 5.75 Å². The number of rotatable bonds is 2. The summed E-state index contributed by atoms with van der Waals surface area (Å²) in [5.41, 5.74) is 5.53. The summed E-state index contributed by atoms with van der Waals surface area (Å²) in [4.78, 5) is 11.8. The number of anilines is 2. The zero-order chi connectivity index (χ0) is 14.0. The molecule has 2 aromatic carbocycles. The van der Waals surface area contributed by atoms with Crippen LogP contribution in [0.2, 0.25) is 0 Å². The Morgan fingerprint density at radius 2 is 1.89 bits per heavy atom. The molecule has 1 amide bonds. The molecule has 0 aliphatic rings. The predicted molar refractivity (Wildman–Crippen MR) is 66.8 cm³/mol. The molecule has 0 heterocycles. The molecule has 0 atom stereocenters. The van der Waals surface area contributed by atoms with E-state index >= 15 is 0 Å². The molecule has 0 bridgehead atoms. The van der Waals surface area contributed by atoms with Crippen LogP contribution < -0.4 is 11.1 Å². The number of benzene rings is 2. The summed E-state index contributed by atoms with van der Waals surface area (Å²) in [6.07, 6.45) is 0. The van der Waals surface area contributed by atoms with Crippen molar-refractivity contribution in [2.75, 3.05) is 11.1 Å². The molecular formula is C13H10F2N2O2. The highest BCUT2D eigenvalue weighted by atomic mass is 19.2. The van der Waals surface area contributed by atoms with Crippen LogP contribution in [0.4, 0.5) is 20.2 Å². The lowest BCUT2D eigenvalue weighted by Crippen LogP contribution is -2.12. The molecule has 0 aromatic heterocycles. The molecule has 0 fully saturated rings. The van der Waals surface area contributed by atoms with E-state index in [9.17, 15) is 18.7 Å². The van der Waals surface area contributed by atoms with Crippen molar-refractivity contribution in [3.63, 3.8) is 0 Å². The van der Waals surface area contributed by atoms with Crippen LogP contribution in [0.3, 0.4) is 0 Å². The van der Waals surface area contributed by atoms with E-state index < -0.39 is 17.5 Å². The molecule has 0 saturated heterocycles. The second-order valence-electron chi connectivity index (χ2n) is 3.83. The third kappa shape index (κ3) is 2.62. The zero-order valence-corrected chi connectivity index (χ0v) is 9.65. The molecule has 2 aromatic rings. The van der Waals surface area contributed by atoms with Gasteiger partial charge in [-0.05, 0) is 24.3 Å². The van der Waals surface area contributed by atoms with E-state index in [1.807, 2.05) is 0 Å². The van der Waals surface area contributed by atoms with Crippen LogP contribution in [0, 0.1) is 11.6 Å². The number of hydrogen-bond donors (Lipinski definition) is 3. The Hall–Kier alpha value is -2.63. The van der Waals surface area contributed by atoms with Crippen LogP contribution in [0.15, 0.2) is 36.4 Å². The van der Waals surface area contributed by atoms with E-state index in [2.05, 4.69) is 5.32 Å². The van der Waals surface area contributed by atoms with Gasteiger partial charge in [-0.3, -0.25) is 4.79 Å². The second kappa shape index (κ2) is 4.93. The smallest absolute Gasteiger partial charge is 0.259 e. The number of nitrogens with two attached hydrogens (primary N) is 1. The molecule has 19 heavy (non-hydrogen) atoms. The summed E-state index contributed by atoms with van der Waals surface area (Å²) in [6.45, 7) is 0. The number of carbonyl (C=O) groups excluding carboxylic acids is 1. The van der Waals surface area contributed by atoms with E-state index in [1.165, 1.54) is 24.3 Å². The van der Waals surface area contributed by atoms with E-state index in [1.54, 1.807) is 0 Å². The summed E-state index contributed by atoms with van der Waals surface area (Å²) in [5.74, 6) is -3.11. The van der Waals surface area contributed by atoms with Gasteiger partial charge in [-0.15, -0.1) is 0 Å². The largest absolute Gasteiger partial charge is 0.505 e. The molecule has 4 N–H and O–H groups in total. The van der Waals surface area contributed by atoms with Gasteiger partial charge in [-0.1, -0.05) is 6.07 Å². The van der Waals surface area contributed by atoms with Crippen LogP contribution >= 0.6 is 0 Å². The van der Waals surface area contributed by atoms with Gasteiger partial charge >= 0.3 is 0 Å². The minimum absolute atomic E-state index is 0.0512. The summed E-state index contributed by atoms with van der Waals surface area (Å²) >= 11 is 0. The van der Waals surface area contributed by atoms with Crippen LogP contribution in [0.25, 0.3) is 0 Å². The molecule has 0 saturated carbocycles. The Bertz CT molecular complexity index is 645. The number of nitrogens with one attached hydrogen (secondary N) is 1. The lowest BCUT2D eigenvalue weighted by Gasteiger charge is -2.08.